The molecule has 2 atom stereocenters. The van der Waals surface area contributed by atoms with Crippen LogP contribution in [-0.4, -0.2) is 59.8 Å². The molecule has 3 N–H and O–H groups in total. The second-order valence-electron chi connectivity index (χ2n) is 6.61. The van der Waals surface area contributed by atoms with Gasteiger partial charge in [0.1, 0.15) is 0 Å². The van der Waals surface area contributed by atoms with Gasteiger partial charge in [-0.2, -0.15) is 17.5 Å². The molecule has 0 aromatic heterocycles. The lowest BCUT2D eigenvalue weighted by Crippen LogP contribution is -2.52. The van der Waals surface area contributed by atoms with Crippen LogP contribution in [0, 0.1) is 0 Å². The molecule has 1 aliphatic rings. The van der Waals surface area contributed by atoms with Gasteiger partial charge in [-0.05, 0) is 38.0 Å². The van der Waals surface area contributed by atoms with E-state index < -0.39 is 33.7 Å². The van der Waals surface area contributed by atoms with E-state index in [1.165, 1.54) is 0 Å². The average molecular weight is 445 g/mol. The minimum Gasteiger partial charge on any atom is -0.395 e. The molecule has 12 heteroatoms. The Morgan fingerprint density at radius 3 is 2.54 bits per heavy atom. The van der Waals surface area contributed by atoms with E-state index in [1.807, 2.05) is 5.32 Å². The van der Waals surface area contributed by atoms with Crippen molar-refractivity contribution in [1.29, 1.82) is 0 Å². The first-order valence-electron chi connectivity index (χ1n) is 8.35. The number of amides is 1. The number of aliphatic hydroxyl groups is 2. The molecule has 7 nitrogen and oxygen atoms in total. The first-order chi connectivity index (χ1) is 12.8. The zero-order valence-corrected chi connectivity index (χ0v) is 16.4. The van der Waals surface area contributed by atoms with E-state index >= 15 is 0 Å². The van der Waals surface area contributed by atoms with E-state index in [0.29, 0.717) is 19.8 Å². The molecular weight excluding hydrogens is 425 g/mol. The van der Waals surface area contributed by atoms with Crippen LogP contribution in [0.2, 0.25) is 5.02 Å². The summed E-state index contributed by atoms with van der Waals surface area (Å²) in [4.78, 5) is 11.5. The molecule has 1 saturated heterocycles. The third kappa shape index (κ3) is 4.43. The third-order valence-electron chi connectivity index (χ3n) is 4.57. The second kappa shape index (κ2) is 8.15. The normalized spacial score (nSPS) is 21.2. The lowest BCUT2D eigenvalue weighted by Gasteiger charge is -2.33. The van der Waals surface area contributed by atoms with Gasteiger partial charge in [-0.1, -0.05) is 18.0 Å². The Balaban J connectivity index is 2.28. The van der Waals surface area contributed by atoms with Crippen LogP contribution in [0.15, 0.2) is 23.1 Å². The van der Waals surface area contributed by atoms with Crippen molar-refractivity contribution in [2.75, 3.05) is 18.5 Å². The topological polar surface area (TPSA) is 107 Å². The number of hydrogen-bond donors (Lipinski definition) is 3. The Labute approximate surface area is 165 Å². The average Bonchev–Trinajstić information content (AvgIpc) is 2.62. The molecule has 0 radical (unpaired) electrons. The minimum absolute atomic E-state index is 0.220. The highest BCUT2D eigenvalue weighted by molar-refractivity contribution is 7.89. The molecule has 1 aliphatic heterocycles. The number of alkyl halides is 3. The largest absolute Gasteiger partial charge is 0.426 e. The quantitative estimate of drug-likeness (QED) is 0.645. The maximum Gasteiger partial charge on any atom is 0.426 e. The van der Waals surface area contributed by atoms with E-state index in [4.69, 9.17) is 11.6 Å². The summed E-state index contributed by atoms with van der Waals surface area (Å²) in [7, 11) is -4.00. The fourth-order valence-electron chi connectivity index (χ4n) is 2.74. The molecule has 1 unspecified atom stereocenters. The van der Waals surface area contributed by atoms with E-state index in [0.717, 1.165) is 28.9 Å². The molecule has 0 bridgehead atoms. The van der Waals surface area contributed by atoms with E-state index in [9.17, 15) is 36.6 Å². The van der Waals surface area contributed by atoms with Crippen LogP contribution >= 0.6 is 11.6 Å². The number of anilines is 1. The lowest BCUT2D eigenvalue weighted by atomic mass is 10.1. The van der Waals surface area contributed by atoms with Gasteiger partial charge in [0.15, 0.2) is 0 Å². The van der Waals surface area contributed by atoms with E-state index in [2.05, 4.69) is 0 Å². The molecule has 2 rings (SSSR count). The number of nitrogens with zero attached hydrogens (tertiary/aromatic N) is 1. The van der Waals surface area contributed by atoms with E-state index in [1.54, 1.807) is 0 Å². The summed E-state index contributed by atoms with van der Waals surface area (Å²) in [6.45, 7) is 0.173. The zero-order chi connectivity index (χ0) is 21.3. The molecule has 1 aromatic rings. The molecule has 1 aromatic carbocycles. The SMILES string of the molecule is C[C@@](O)(C(=O)Nc1ccc(S(=O)(=O)N2CCCCC2CO)cc1Cl)C(F)(F)F. The maximum absolute atomic E-state index is 12.8. The van der Waals surface area contributed by atoms with Gasteiger partial charge in [-0.3, -0.25) is 4.79 Å². The number of halogens is 4. The monoisotopic (exact) mass is 444 g/mol. The van der Waals surface area contributed by atoms with Crippen molar-refractivity contribution in [2.24, 2.45) is 0 Å². The lowest BCUT2D eigenvalue weighted by molar-refractivity contribution is -0.242. The zero-order valence-electron chi connectivity index (χ0n) is 14.8. The number of piperidine rings is 1. The summed E-state index contributed by atoms with van der Waals surface area (Å²) in [5, 5.41) is 20.3. The predicted molar refractivity (Wildman–Crippen MR) is 95.4 cm³/mol. The van der Waals surface area contributed by atoms with Crippen LogP contribution in [0.1, 0.15) is 26.2 Å². The standard InChI is InChI=1S/C16H20ClF3N2O5S/c1-15(25,16(18,19)20)14(24)21-13-6-5-11(8-12(13)17)28(26,27)22-7-3-2-4-10(22)9-23/h5-6,8,10,23,25H,2-4,7,9H2,1H3,(H,21,24)/t10?,15-/m1/s1. The number of rotatable bonds is 5. The van der Waals surface area contributed by atoms with Crippen molar-refractivity contribution >= 4 is 33.2 Å². The first-order valence-corrected chi connectivity index (χ1v) is 10.2. The Bertz CT molecular complexity index is 845. The van der Waals surface area contributed by atoms with Crippen molar-refractivity contribution in [3.05, 3.63) is 23.2 Å². The van der Waals surface area contributed by atoms with Gasteiger partial charge in [-0.15, -0.1) is 0 Å². The smallest absolute Gasteiger partial charge is 0.395 e. The number of sulfonamides is 1. The number of nitrogens with one attached hydrogen (secondary N) is 1. The highest BCUT2D eigenvalue weighted by Gasteiger charge is 2.55. The van der Waals surface area contributed by atoms with Gasteiger partial charge in [0.05, 0.1) is 22.2 Å². The van der Waals surface area contributed by atoms with Crippen LogP contribution in [-0.2, 0) is 14.8 Å². The summed E-state index contributed by atoms with van der Waals surface area (Å²) >= 11 is 5.94. The molecule has 0 aliphatic carbocycles. The number of carbonyl (C=O) groups excluding carboxylic acids is 1. The van der Waals surface area contributed by atoms with Gasteiger partial charge in [-0.25, -0.2) is 8.42 Å². The highest BCUT2D eigenvalue weighted by atomic mass is 35.5. The fraction of sp³-hybridized carbons (Fsp3) is 0.562. The number of aliphatic hydroxyl groups excluding tert-OH is 1. The van der Waals surface area contributed by atoms with Crippen molar-refractivity contribution in [2.45, 2.75) is 48.9 Å². The second-order valence-corrected chi connectivity index (χ2v) is 8.91. The van der Waals surface area contributed by atoms with Crippen molar-refractivity contribution < 1.29 is 36.6 Å². The van der Waals surface area contributed by atoms with Gasteiger partial charge in [0, 0.05) is 12.6 Å². The van der Waals surface area contributed by atoms with Crippen molar-refractivity contribution in [1.82, 2.24) is 4.31 Å². The van der Waals surface area contributed by atoms with Crippen LogP contribution in [0.5, 0.6) is 0 Å². The summed E-state index contributed by atoms with van der Waals surface area (Å²) in [6, 6.07) is 2.55. The van der Waals surface area contributed by atoms with Gasteiger partial charge in [0.2, 0.25) is 15.6 Å². The Morgan fingerprint density at radius 1 is 1.36 bits per heavy atom. The van der Waals surface area contributed by atoms with Gasteiger partial charge < -0.3 is 15.5 Å². The molecule has 1 heterocycles. The first kappa shape index (κ1) is 22.9. The third-order valence-corrected chi connectivity index (χ3v) is 6.83. The van der Waals surface area contributed by atoms with Crippen LogP contribution in [0.4, 0.5) is 18.9 Å². The van der Waals surface area contributed by atoms with Gasteiger partial charge >= 0.3 is 6.18 Å². The molecule has 158 valence electrons. The molecule has 28 heavy (non-hydrogen) atoms. The number of hydrogen-bond acceptors (Lipinski definition) is 5. The molecular formula is C16H20ClF3N2O5S. The van der Waals surface area contributed by atoms with Gasteiger partial charge in [0.25, 0.3) is 5.91 Å². The number of carbonyl (C=O) groups is 1. The Kier molecular flexibility index (Phi) is 6.66. The molecule has 1 amide bonds. The Hall–Kier alpha value is -1.40. The predicted octanol–water partition coefficient (Wildman–Crippen LogP) is 2.13. The maximum atomic E-state index is 12.8. The molecule has 0 saturated carbocycles. The summed E-state index contributed by atoms with van der Waals surface area (Å²) < 4.78 is 65.0. The Morgan fingerprint density at radius 2 is 2.00 bits per heavy atom. The summed E-state index contributed by atoms with van der Waals surface area (Å²) in [6.07, 6.45) is -3.29. The van der Waals surface area contributed by atoms with Crippen LogP contribution < -0.4 is 5.32 Å². The molecule has 0 spiro atoms. The highest BCUT2D eigenvalue weighted by Crippen LogP contribution is 2.33. The fourth-order valence-corrected chi connectivity index (χ4v) is 4.74. The molecule has 1 fully saturated rings. The van der Waals surface area contributed by atoms with Crippen LogP contribution in [0.3, 0.4) is 0 Å². The van der Waals surface area contributed by atoms with Crippen molar-refractivity contribution in [3.63, 3.8) is 0 Å². The van der Waals surface area contributed by atoms with Crippen LogP contribution in [0.25, 0.3) is 0 Å². The summed E-state index contributed by atoms with van der Waals surface area (Å²) in [5.74, 6) is -1.76. The minimum atomic E-state index is -5.21. The van der Waals surface area contributed by atoms with Crippen molar-refractivity contribution in [3.8, 4) is 0 Å². The summed E-state index contributed by atoms with van der Waals surface area (Å²) in [5.41, 5.74) is -3.93. The number of benzene rings is 1. The van der Waals surface area contributed by atoms with E-state index in [-0.39, 0.29) is 28.8 Å².